The van der Waals surface area contributed by atoms with Crippen molar-refractivity contribution in [2.45, 2.75) is 235 Å². The van der Waals surface area contributed by atoms with Crippen LogP contribution in [0.3, 0.4) is 0 Å². The van der Waals surface area contributed by atoms with E-state index in [2.05, 4.69) is 16.0 Å². The normalized spacial score (nSPS) is 27.1. The number of aryl methyl sites for hydroxylation is 1. The first-order chi connectivity index (χ1) is 47.5. The number of hydrogen-bond acceptors (Lipinski definition) is 12. The van der Waals surface area contributed by atoms with Crippen LogP contribution in [0.5, 0.6) is 0 Å². The van der Waals surface area contributed by atoms with Crippen LogP contribution in [-0.2, 0) is 70.1 Å². The van der Waals surface area contributed by atoms with Crippen LogP contribution < -0.4 is 16.0 Å². The number of fused-ring (bicyclic) bond motifs is 1. The Morgan fingerprint density at radius 2 is 1.24 bits per heavy atom. The molecular weight excluding hydrogens is 1340 g/mol. The van der Waals surface area contributed by atoms with E-state index in [9.17, 15) is 51.5 Å². The van der Waals surface area contributed by atoms with Crippen LogP contribution in [0.25, 0.3) is 0 Å². The van der Waals surface area contributed by atoms with Crippen LogP contribution >= 0.6 is 11.6 Å². The number of rotatable bonds is 11. The Labute approximate surface area is 595 Å². The zero-order valence-corrected chi connectivity index (χ0v) is 61.2. The van der Waals surface area contributed by atoms with Gasteiger partial charge in [0.15, 0.2) is 0 Å². The van der Waals surface area contributed by atoms with E-state index < -0.39 is 199 Å². The van der Waals surface area contributed by atoms with Crippen LogP contribution in [-0.4, -0.2) is 257 Å². The summed E-state index contributed by atoms with van der Waals surface area (Å²) in [5, 5.41) is 7.51. The molecule has 3 heterocycles. The van der Waals surface area contributed by atoms with Gasteiger partial charge in [0.2, 0.25) is 70.9 Å². The number of likely N-dealkylation sites (tertiary alicyclic amines) is 1. The summed E-state index contributed by atoms with van der Waals surface area (Å²) in [5.74, 6) is -14.3. The second-order valence-corrected chi connectivity index (χ2v) is 29.7. The summed E-state index contributed by atoms with van der Waals surface area (Å²) >= 11 is 6.10. The predicted molar refractivity (Wildman–Crippen MR) is 365 cm³/mol. The van der Waals surface area contributed by atoms with Gasteiger partial charge < -0.3 is 60.0 Å². The number of carbonyl (C=O) groups is 12. The summed E-state index contributed by atoms with van der Waals surface area (Å²) in [6.07, 6.45) is 2.79. The first-order valence-corrected chi connectivity index (χ1v) is 36.5. The van der Waals surface area contributed by atoms with Gasteiger partial charge in [-0.25, -0.2) is 8.78 Å². The van der Waals surface area contributed by atoms with Crippen molar-refractivity contribution in [2.75, 3.05) is 88.6 Å². The second-order valence-electron chi connectivity index (χ2n) is 29.3. The number of carbonyl (C=O) groups excluding carboxylic acids is 12. The quantitative estimate of drug-likeness (QED) is 0.214. The highest BCUT2D eigenvalue weighted by Gasteiger charge is 2.55. The Morgan fingerprint density at radius 1 is 0.644 bits per heavy atom. The van der Waals surface area contributed by atoms with Gasteiger partial charge in [-0.2, -0.15) is 13.2 Å². The van der Waals surface area contributed by atoms with E-state index in [-0.39, 0.29) is 43.6 Å². The first kappa shape index (κ1) is 81.1. The third-order valence-corrected chi connectivity index (χ3v) is 22.3. The van der Waals surface area contributed by atoms with Gasteiger partial charge >= 0.3 is 6.18 Å². The van der Waals surface area contributed by atoms with E-state index in [0.29, 0.717) is 82.2 Å². The van der Waals surface area contributed by atoms with E-state index >= 15 is 28.0 Å². The Bertz CT molecular complexity index is 3180. The fourth-order valence-electron chi connectivity index (χ4n) is 15.5. The second kappa shape index (κ2) is 35.3. The summed E-state index contributed by atoms with van der Waals surface area (Å²) < 4.78 is 73.9. The molecule has 6 fully saturated rings. The van der Waals surface area contributed by atoms with Crippen LogP contribution in [0.2, 0.25) is 5.02 Å². The van der Waals surface area contributed by atoms with E-state index in [1.54, 1.807) is 18.7 Å². The standard InChI is InChI=1S/C71H106ClF5N12O12/c1-11-23-51-61(94)79-59(44(3)12-2)66(99)83(6)41-57(92)81(4)42-58(93)85(8)52(37-45-24-15-13-16-25-45)64(97)82(5)40-55(90)78-50(31-29-46-28-30-48(49(72)36-46)71(75,76)77)63(96)89-43-70(73,74)39-54(89)62(95)80-69(32-19-20-33-69)68(101)87(10)60(47-26-17-14-18-27-47)67(100)86(9)53(38-56(91)84(51)7)65(98)88-34-21-22-35-88/h28,30,36,44-45,47,50-54,59-60H,11-27,29,31-35,37-43H2,1-10H3,(H,78,90)(H,79,94)(H,80,95)/t44-,50-,51-,52-,53-,54?,59-,60-/m0/s1. The molecule has 3 N–H and O–H groups in total. The van der Waals surface area contributed by atoms with Gasteiger partial charge in [-0.05, 0) is 99.7 Å². The van der Waals surface area contributed by atoms with Gasteiger partial charge in [0, 0.05) is 68.8 Å². The molecule has 6 aliphatic rings. The Kier molecular flexibility index (Phi) is 28.4. The number of amides is 12. The summed E-state index contributed by atoms with van der Waals surface area (Å²) in [7, 11) is 9.54. The van der Waals surface area contributed by atoms with Crippen LogP contribution in [0.15, 0.2) is 18.2 Å². The van der Waals surface area contributed by atoms with Crippen molar-refractivity contribution in [3.63, 3.8) is 0 Å². The van der Waals surface area contributed by atoms with Gasteiger partial charge in [-0.3, -0.25) is 57.5 Å². The van der Waals surface area contributed by atoms with Crippen LogP contribution in [0.1, 0.15) is 180 Å². The van der Waals surface area contributed by atoms with Crippen molar-refractivity contribution in [3.05, 3.63) is 34.3 Å². The lowest BCUT2D eigenvalue weighted by Gasteiger charge is -2.43. The molecule has 564 valence electrons. The molecule has 8 atom stereocenters. The highest BCUT2D eigenvalue weighted by atomic mass is 35.5. The smallest absolute Gasteiger partial charge is 0.343 e. The lowest BCUT2D eigenvalue weighted by molar-refractivity contribution is -0.156. The number of benzene rings is 1. The molecule has 3 saturated heterocycles. The number of nitrogens with zero attached hydrogens (tertiary/aromatic N) is 9. The summed E-state index contributed by atoms with van der Waals surface area (Å²) in [4.78, 5) is 189. The van der Waals surface area contributed by atoms with Gasteiger partial charge in [0.25, 0.3) is 5.92 Å². The molecule has 3 saturated carbocycles. The Morgan fingerprint density at radius 3 is 1.83 bits per heavy atom. The topological polar surface area (TPSA) is 270 Å². The van der Waals surface area contributed by atoms with Crippen molar-refractivity contribution in [1.29, 1.82) is 0 Å². The van der Waals surface area contributed by atoms with Gasteiger partial charge in [0.05, 0.1) is 43.2 Å². The van der Waals surface area contributed by atoms with E-state index in [4.69, 9.17) is 11.6 Å². The maximum atomic E-state index is 16.2. The fraction of sp³-hybridized carbons (Fsp3) is 0.746. The lowest BCUT2D eigenvalue weighted by atomic mass is 9.81. The number of hydrogen-bond donors (Lipinski definition) is 3. The Balaban J connectivity index is 1.30. The molecule has 101 heavy (non-hydrogen) atoms. The van der Waals surface area contributed by atoms with Gasteiger partial charge in [0.1, 0.15) is 47.8 Å². The zero-order chi connectivity index (χ0) is 74.6. The molecule has 1 unspecified atom stereocenters. The van der Waals surface area contributed by atoms with Crippen molar-refractivity contribution in [3.8, 4) is 0 Å². The van der Waals surface area contributed by atoms with Gasteiger partial charge in [-0.1, -0.05) is 115 Å². The minimum Gasteiger partial charge on any atom is -0.343 e. The SMILES string of the molecule is CCC[C@H]1C(=O)N[C@@H]([C@@H](C)CC)C(=O)N(C)CC(=O)N(C)CC(=O)N(C)[C@@H](CC2CCCCC2)C(=O)N(C)CC(=O)N[C@@H](CCc2ccc(C(F)(F)F)c(Cl)c2)C(=O)N2CC(F)(F)CC2C(=O)NC2(CCCC2)C(=O)N(C)[C@@H](C2CCCCC2)C(=O)N(C)[C@H](C(=O)N2CCCC2)CC(=O)N1C. The molecule has 3 aliphatic heterocycles. The van der Waals surface area contributed by atoms with Crippen LogP contribution in [0.4, 0.5) is 22.0 Å². The molecule has 0 aromatic heterocycles. The van der Waals surface area contributed by atoms with Crippen molar-refractivity contribution in [1.82, 2.24) is 60.0 Å². The average Bonchev–Trinajstić information content (AvgIpc) is 1.75. The van der Waals surface area contributed by atoms with Crippen molar-refractivity contribution >= 4 is 82.5 Å². The Hall–Kier alpha value is -7.20. The molecule has 3 aliphatic carbocycles. The minimum atomic E-state index is -4.83. The lowest BCUT2D eigenvalue weighted by Crippen LogP contribution is -2.65. The van der Waals surface area contributed by atoms with E-state index in [1.165, 1.54) is 68.9 Å². The van der Waals surface area contributed by atoms with E-state index in [1.807, 2.05) is 6.92 Å². The summed E-state index contributed by atoms with van der Waals surface area (Å²) in [6, 6.07) is -7.33. The van der Waals surface area contributed by atoms with E-state index in [0.717, 1.165) is 71.4 Å². The van der Waals surface area contributed by atoms with Gasteiger partial charge in [-0.15, -0.1) is 0 Å². The third-order valence-electron chi connectivity index (χ3n) is 22.0. The molecule has 0 radical (unpaired) electrons. The number of nitrogens with one attached hydrogen (secondary N) is 3. The largest absolute Gasteiger partial charge is 0.417 e. The molecule has 1 aromatic rings. The third kappa shape index (κ3) is 20.2. The highest BCUT2D eigenvalue weighted by Crippen LogP contribution is 2.40. The molecule has 12 amide bonds. The minimum absolute atomic E-state index is 0.0183. The number of alkyl halides is 5. The molecule has 24 nitrogen and oxygen atoms in total. The average molecular weight is 1450 g/mol. The summed E-state index contributed by atoms with van der Waals surface area (Å²) in [5.41, 5.74) is -2.84. The monoisotopic (exact) mass is 1450 g/mol. The summed E-state index contributed by atoms with van der Waals surface area (Å²) in [6.45, 7) is 2.75. The molecule has 7 rings (SSSR count). The van der Waals surface area contributed by atoms with Crippen molar-refractivity contribution in [2.24, 2.45) is 17.8 Å². The molecular formula is C71H106ClF5N12O12. The maximum absolute atomic E-state index is 16.2. The van der Waals surface area contributed by atoms with Crippen LogP contribution in [0, 0.1) is 17.8 Å². The molecule has 0 bridgehead atoms. The molecule has 30 heteroatoms. The predicted octanol–water partition coefficient (Wildman–Crippen LogP) is 6.03. The van der Waals surface area contributed by atoms with Crippen molar-refractivity contribution < 1.29 is 79.5 Å². The highest BCUT2D eigenvalue weighted by molar-refractivity contribution is 6.31. The molecule has 1 aromatic carbocycles. The molecule has 1 spiro atoms. The maximum Gasteiger partial charge on any atom is 0.417 e. The number of halogens is 6. The zero-order valence-electron chi connectivity index (χ0n) is 60.4. The first-order valence-electron chi connectivity index (χ1n) is 36.1. The fourth-order valence-corrected chi connectivity index (χ4v) is 15.8. The number of likely N-dealkylation sites (N-methyl/N-ethyl adjacent to an activating group) is 7.